The Bertz CT molecular complexity index is 923. The van der Waals surface area contributed by atoms with Gasteiger partial charge in [0.15, 0.2) is 0 Å². The Morgan fingerprint density at radius 3 is 1.89 bits per heavy atom. The molecule has 0 fully saturated rings. The predicted molar refractivity (Wildman–Crippen MR) is 137 cm³/mol. The average molecular weight is 521 g/mol. The van der Waals surface area contributed by atoms with Crippen molar-refractivity contribution in [2.24, 2.45) is 17.6 Å². The Labute approximate surface area is 217 Å². The smallest absolute Gasteiger partial charge is 0.326 e. The van der Waals surface area contributed by atoms with Gasteiger partial charge < -0.3 is 31.9 Å². The summed E-state index contributed by atoms with van der Waals surface area (Å²) < 4.78 is 0. The summed E-state index contributed by atoms with van der Waals surface area (Å²) in [6, 6.07) is 4.65. The lowest BCUT2D eigenvalue weighted by Crippen LogP contribution is -2.58. The fraction of sp³-hybridized carbons (Fsp3) is 0.577. The van der Waals surface area contributed by atoms with E-state index in [9.17, 15) is 29.1 Å². The summed E-state index contributed by atoms with van der Waals surface area (Å²) in [6.45, 7) is 7.41. The van der Waals surface area contributed by atoms with Gasteiger partial charge in [-0.1, -0.05) is 64.4 Å². The van der Waals surface area contributed by atoms with Crippen molar-refractivity contribution >= 4 is 29.7 Å². The summed E-state index contributed by atoms with van der Waals surface area (Å²) in [5.41, 5.74) is 6.84. The molecule has 11 heteroatoms. The molecule has 3 amide bonds. The molecule has 1 aromatic carbocycles. The standard InChI is InChI=1S/C26H40N4O7/c1-5-16(4)22(27)25(35)30-20(14-17-9-7-6-8-10-17)24(34)29-19(13-15(2)3)23(33)28-18(26(36)37)11-12-21(31)32/h6-10,15-16,18-20,22H,5,11-14,27H2,1-4H3,(H,28,33)(H,29,34)(H,30,35)(H,31,32)(H,36,37). The normalized spacial score (nSPS) is 15.1. The topological polar surface area (TPSA) is 188 Å². The number of nitrogens with one attached hydrogen (secondary N) is 3. The van der Waals surface area contributed by atoms with Crippen LogP contribution in [0, 0.1) is 11.8 Å². The van der Waals surface area contributed by atoms with Crippen molar-refractivity contribution < 1.29 is 34.2 Å². The SMILES string of the molecule is CCC(C)C(N)C(=O)NC(Cc1ccccc1)C(=O)NC(CC(C)C)C(=O)NC(CCC(=O)O)C(=O)O. The van der Waals surface area contributed by atoms with Crippen LogP contribution >= 0.6 is 0 Å². The van der Waals surface area contributed by atoms with Crippen LogP contribution in [0.1, 0.15) is 58.9 Å². The molecule has 11 nitrogen and oxygen atoms in total. The third kappa shape index (κ3) is 11.4. The summed E-state index contributed by atoms with van der Waals surface area (Å²) in [5.74, 6) is -4.58. The van der Waals surface area contributed by atoms with Gasteiger partial charge in [-0.2, -0.15) is 0 Å². The summed E-state index contributed by atoms with van der Waals surface area (Å²) in [4.78, 5) is 61.5. The van der Waals surface area contributed by atoms with E-state index in [2.05, 4.69) is 16.0 Å². The number of aliphatic carboxylic acids is 2. The van der Waals surface area contributed by atoms with Gasteiger partial charge in [-0.15, -0.1) is 0 Å². The maximum absolute atomic E-state index is 13.3. The number of amides is 3. The van der Waals surface area contributed by atoms with Crippen LogP contribution in [-0.2, 0) is 30.4 Å². The third-order valence-electron chi connectivity index (χ3n) is 6.08. The molecule has 5 atom stereocenters. The van der Waals surface area contributed by atoms with Crippen LogP contribution in [0.2, 0.25) is 0 Å². The molecule has 0 aromatic heterocycles. The number of hydrogen-bond acceptors (Lipinski definition) is 6. The molecule has 0 aliphatic carbocycles. The highest BCUT2D eigenvalue weighted by Crippen LogP contribution is 2.11. The molecular weight excluding hydrogens is 480 g/mol. The molecule has 0 radical (unpaired) electrons. The molecule has 1 rings (SSSR count). The lowest BCUT2D eigenvalue weighted by atomic mass is 9.97. The Balaban J connectivity index is 3.11. The minimum atomic E-state index is -1.43. The van der Waals surface area contributed by atoms with E-state index in [1.165, 1.54) is 0 Å². The van der Waals surface area contributed by atoms with Crippen LogP contribution in [0.25, 0.3) is 0 Å². The summed E-state index contributed by atoms with van der Waals surface area (Å²) in [6.07, 6.45) is 0.269. The van der Waals surface area contributed by atoms with E-state index in [1.807, 2.05) is 33.8 Å². The van der Waals surface area contributed by atoms with Crippen LogP contribution in [0.15, 0.2) is 30.3 Å². The quantitative estimate of drug-likeness (QED) is 0.186. The molecule has 0 saturated carbocycles. The second-order valence-corrected chi connectivity index (χ2v) is 9.68. The number of nitrogens with two attached hydrogens (primary N) is 1. The molecule has 0 spiro atoms. The molecule has 0 bridgehead atoms. The Hall–Kier alpha value is -3.47. The van der Waals surface area contributed by atoms with Gasteiger partial charge in [0.05, 0.1) is 6.04 Å². The van der Waals surface area contributed by atoms with Crippen molar-refractivity contribution in [2.45, 2.75) is 84.0 Å². The van der Waals surface area contributed by atoms with Crippen molar-refractivity contribution in [3.05, 3.63) is 35.9 Å². The van der Waals surface area contributed by atoms with Crippen LogP contribution in [0.3, 0.4) is 0 Å². The first kappa shape index (κ1) is 31.6. The van der Waals surface area contributed by atoms with Crippen molar-refractivity contribution in [3.8, 4) is 0 Å². The zero-order valence-corrected chi connectivity index (χ0v) is 21.9. The van der Waals surface area contributed by atoms with Gasteiger partial charge in [0.2, 0.25) is 17.7 Å². The summed E-state index contributed by atoms with van der Waals surface area (Å²) in [5, 5.41) is 25.9. The summed E-state index contributed by atoms with van der Waals surface area (Å²) >= 11 is 0. The van der Waals surface area contributed by atoms with Crippen LogP contribution < -0.4 is 21.7 Å². The molecule has 1 aromatic rings. The first-order valence-corrected chi connectivity index (χ1v) is 12.5. The lowest BCUT2D eigenvalue weighted by Gasteiger charge is -2.27. The van der Waals surface area contributed by atoms with Gasteiger partial charge in [-0.3, -0.25) is 19.2 Å². The van der Waals surface area contributed by atoms with Crippen LogP contribution in [0.5, 0.6) is 0 Å². The van der Waals surface area contributed by atoms with Gasteiger partial charge in [0, 0.05) is 12.8 Å². The highest BCUT2D eigenvalue weighted by atomic mass is 16.4. The van der Waals surface area contributed by atoms with E-state index in [-0.39, 0.29) is 31.1 Å². The maximum atomic E-state index is 13.3. The fourth-order valence-electron chi connectivity index (χ4n) is 3.61. The van der Waals surface area contributed by atoms with Crippen molar-refractivity contribution in [2.75, 3.05) is 0 Å². The molecule has 0 aliphatic heterocycles. The van der Waals surface area contributed by atoms with Gasteiger partial charge in [-0.05, 0) is 30.2 Å². The van der Waals surface area contributed by atoms with Crippen molar-refractivity contribution in [1.29, 1.82) is 0 Å². The van der Waals surface area contributed by atoms with Crippen LogP contribution in [-0.4, -0.2) is 64.0 Å². The number of carbonyl (C=O) groups is 5. The molecule has 0 aliphatic rings. The molecule has 206 valence electrons. The number of rotatable bonds is 16. The first-order valence-electron chi connectivity index (χ1n) is 12.5. The monoisotopic (exact) mass is 520 g/mol. The molecule has 37 heavy (non-hydrogen) atoms. The largest absolute Gasteiger partial charge is 0.481 e. The van der Waals surface area contributed by atoms with Crippen molar-refractivity contribution in [1.82, 2.24) is 16.0 Å². The van der Waals surface area contributed by atoms with Crippen LogP contribution in [0.4, 0.5) is 0 Å². The lowest BCUT2D eigenvalue weighted by molar-refractivity contribution is -0.143. The van der Waals surface area contributed by atoms with Gasteiger partial charge in [-0.25, -0.2) is 4.79 Å². The number of benzene rings is 1. The molecule has 0 saturated heterocycles. The third-order valence-corrected chi connectivity index (χ3v) is 6.08. The summed E-state index contributed by atoms with van der Waals surface area (Å²) in [7, 11) is 0. The Morgan fingerprint density at radius 1 is 0.838 bits per heavy atom. The minimum Gasteiger partial charge on any atom is -0.481 e. The zero-order chi connectivity index (χ0) is 28.1. The molecular formula is C26H40N4O7. The van der Waals surface area contributed by atoms with Gasteiger partial charge >= 0.3 is 11.9 Å². The second kappa shape index (κ2) is 15.6. The average Bonchev–Trinajstić information content (AvgIpc) is 2.84. The van der Waals surface area contributed by atoms with E-state index in [0.717, 1.165) is 5.56 Å². The molecule has 0 heterocycles. The number of hydrogen-bond donors (Lipinski definition) is 6. The minimum absolute atomic E-state index is 0.0423. The fourth-order valence-corrected chi connectivity index (χ4v) is 3.61. The van der Waals surface area contributed by atoms with Gasteiger partial charge in [0.1, 0.15) is 18.1 Å². The second-order valence-electron chi connectivity index (χ2n) is 9.68. The van der Waals surface area contributed by atoms with E-state index in [0.29, 0.717) is 6.42 Å². The van der Waals surface area contributed by atoms with Crippen molar-refractivity contribution in [3.63, 3.8) is 0 Å². The van der Waals surface area contributed by atoms with E-state index < -0.39 is 60.2 Å². The van der Waals surface area contributed by atoms with E-state index in [1.54, 1.807) is 24.3 Å². The Morgan fingerprint density at radius 2 is 1.38 bits per heavy atom. The number of carbonyl (C=O) groups excluding carboxylic acids is 3. The zero-order valence-electron chi connectivity index (χ0n) is 21.9. The van der Waals surface area contributed by atoms with E-state index >= 15 is 0 Å². The maximum Gasteiger partial charge on any atom is 0.326 e. The predicted octanol–water partition coefficient (Wildman–Crippen LogP) is 1.05. The van der Waals surface area contributed by atoms with E-state index in [4.69, 9.17) is 10.8 Å². The van der Waals surface area contributed by atoms with Gasteiger partial charge in [0.25, 0.3) is 0 Å². The highest BCUT2D eigenvalue weighted by Gasteiger charge is 2.31. The highest BCUT2D eigenvalue weighted by molar-refractivity contribution is 5.94. The number of carboxylic acids is 2. The Kier molecular flexibility index (Phi) is 13.3. The first-order chi connectivity index (χ1) is 17.3. The number of carboxylic acid groups (broad SMARTS) is 2. The molecule has 7 N–H and O–H groups in total. The molecule has 5 unspecified atom stereocenters.